The van der Waals surface area contributed by atoms with Gasteiger partial charge in [-0.05, 0) is 38.1 Å². The van der Waals surface area contributed by atoms with Gasteiger partial charge < -0.3 is 0 Å². The molecule has 0 fully saturated rings. The molecule has 98 valence electrons. The topological polar surface area (TPSA) is 17.1 Å². The van der Waals surface area contributed by atoms with E-state index in [-0.39, 0.29) is 11.0 Å². The minimum absolute atomic E-state index is 0.105. The standard InChI is InChI=1S/C16H15ClOS/c1-11-6-8-15(9-7-11)19-12(2)16(18)13-4-3-5-14(17)10-13/h3-10,12H,1-2H3. The van der Waals surface area contributed by atoms with Crippen molar-refractivity contribution in [3.63, 3.8) is 0 Å². The van der Waals surface area contributed by atoms with Crippen LogP contribution in [-0.2, 0) is 0 Å². The van der Waals surface area contributed by atoms with Crippen molar-refractivity contribution in [2.45, 2.75) is 24.0 Å². The second-order valence-electron chi connectivity index (χ2n) is 4.45. The molecule has 19 heavy (non-hydrogen) atoms. The summed E-state index contributed by atoms with van der Waals surface area (Å²) in [6.07, 6.45) is 0. The highest BCUT2D eigenvalue weighted by Crippen LogP contribution is 2.26. The average molecular weight is 291 g/mol. The molecule has 2 aromatic rings. The fourth-order valence-electron chi connectivity index (χ4n) is 1.75. The Bertz CT molecular complexity index is 578. The molecule has 0 aromatic heterocycles. The Morgan fingerprint density at radius 2 is 1.84 bits per heavy atom. The molecule has 3 heteroatoms. The Morgan fingerprint density at radius 3 is 2.47 bits per heavy atom. The first-order valence-electron chi connectivity index (χ1n) is 6.09. The largest absolute Gasteiger partial charge is 0.293 e. The number of halogens is 1. The van der Waals surface area contributed by atoms with E-state index in [9.17, 15) is 4.79 Å². The third-order valence-corrected chi connectivity index (χ3v) is 4.16. The maximum atomic E-state index is 12.3. The second-order valence-corrected chi connectivity index (χ2v) is 6.30. The fraction of sp³-hybridized carbons (Fsp3) is 0.188. The van der Waals surface area contributed by atoms with Gasteiger partial charge in [0.15, 0.2) is 5.78 Å². The molecule has 0 radical (unpaired) electrons. The number of thioether (sulfide) groups is 1. The number of ketones is 1. The number of hydrogen-bond acceptors (Lipinski definition) is 2. The van der Waals surface area contributed by atoms with Crippen LogP contribution in [0.1, 0.15) is 22.8 Å². The molecule has 0 N–H and O–H groups in total. The zero-order chi connectivity index (χ0) is 13.8. The highest BCUT2D eigenvalue weighted by Gasteiger charge is 2.16. The average Bonchev–Trinajstić information content (AvgIpc) is 2.40. The van der Waals surface area contributed by atoms with Crippen molar-refractivity contribution in [3.05, 3.63) is 64.7 Å². The summed E-state index contributed by atoms with van der Waals surface area (Å²) < 4.78 is 0. The van der Waals surface area contributed by atoms with E-state index in [1.807, 2.05) is 19.1 Å². The number of rotatable bonds is 4. The molecular weight excluding hydrogens is 276 g/mol. The van der Waals surface area contributed by atoms with Gasteiger partial charge in [0.05, 0.1) is 5.25 Å². The number of carbonyl (C=O) groups is 1. The predicted octanol–water partition coefficient (Wildman–Crippen LogP) is 5.01. The number of hydrogen-bond donors (Lipinski definition) is 0. The Hall–Kier alpha value is -1.25. The van der Waals surface area contributed by atoms with Gasteiger partial charge >= 0.3 is 0 Å². The van der Waals surface area contributed by atoms with E-state index in [1.54, 1.807) is 36.0 Å². The van der Waals surface area contributed by atoms with Gasteiger partial charge in [-0.3, -0.25) is 4.79 Å². The van der Waals surface area contributed by atoms with E-state index in [0.717, 1.165) is 4.90 Å². The van der Waals surface area contributed by atoms with Crippen molar-refractivity contribution in [1.29, 1.82) is 0 Å². The Labute approximate surface area is 123 Å². The molecular formula is C16H15ClOS. The molecule has 1 atom stereocenters. The third kappa shape index (κ3) is 3.85. The van der Waals surface area contributed by atoms with Gasteiger partial charge in [-0.25, -0.2) is 0 Å². The van der Waals surface area contributed by atoms with Crippen LogP contribution < -0.4 is 0 Å². The van der Waals surface area contributed by atoms with Crippen LogP contribution in [0.5, 0.6) is 0 Å². The molecule has 0 saturated heterocycles. The van der Waals surface area contributed by atoms with E-state index >= 15 is 0 Å². The van der Waals surface area contributed by atoms with E-state index in [0.29, 0.717) is 10.6 Å². The summed E-state index contributed by atoms with van der Waals surface area (Å²) >= 11 is 7.48. The molecule has 0 aliphatic carbocycles. The SMILES string of the molecule is Cc1ccc(SC(C)C(=O)c2cccc(Cl)c2)cc1. The summed E-state index contributed by atoms with van der Waals surface area (Å²) in [7, 11) is 0. The van der Waals surface area contributed by atoms with E-state index in [2.05, 4.69) is 19.1 Å². The lowest BCUT2D eigenvalue weighted by molar-refractivity contribution is 0.0994. The van der Waals surface area contributed by atoms with Crippen molar-refractivity contribution in [2.24, 2.45) is 0 Å². The molecule has 0 amide bonds. The van der Waals surface area contributed by atoms with Gasteiger partial charge in [-0.15, -0.1) is 11.8 Å². The Balaban J connectivity index is 2.09. The normalized spacial score (nSPS) is 12.2. The number of Topliss-reactive ketones (excluding diaryl/α,β-unsaturated/α-hetero) is 1. The third-order valence-electron chi connectivity index (χ3n) is 2.81. The zero-order valence-corrected chi connectivity index (χ0v) is 12.5. The number of benzene rings is 2. The minimum atomic E-state index is -0.124. The molecule has 0 spiro atoms. The molecule has 2 aromatic carbocycles. The molecule has 0 aliphatic heterocycles. The van der Waals surface area contributed by atoms with E-state index < -0.39 is 0 Å². The first-order chi connectivity index (χ1) is 9.06. The molecule has 0 heterocycles. The van der Waals surface area contributed by atoms with Crippen LogP contribution in [0.3, 0.4) is 0 Å². The zero-order valence-electron chi connectivity index (χ0n) is 10.9. The second kappa shape index (κ2) is 6.27. The summed E-state index contributed by atoms with van der Waals surface area (Å²) in [5.41, 5.74) is 1.89. The fourth-order valence-corrected chi connectivity index (χ4v) is 2.89. The van der Waals surface area contributed by atoms with Crippen LogP contribution in [0.15, 0.2) is 53.4 Å². The van der Waals surface area contributed by atoms with Gasteiger partial charge in [0, 0.05) is 15.5 Å². The molecule has 0 aliphatic rings. The summed E-state index contributed by atoms with van der Waals surface area (Å²) in [5.74, 6) is 0.105. The maximum Gasteiger partial charge on any atom is 0.175 e. The van der Waals surface area contributed by atoms with Crippen molar-refractivity contribution in [3.8, 4) is 0 Å². The van der Waals surface area contributed by atoms with Crippen LogP contribution in [0.4, 0.5) is 0 Å². The van der Waals surface area contributed by atoms with Crippen molar-refractivity contribution < 1.29 is 4.79 Å². The first kappa shape index (κ1) is 14.2. The summed E-state index contributed by atoms with van der Waals surface area (Å²) in [6, 6.07) is 15.3. The monoisotopic (exact) mass is 290 g/mol. The van der Waals surface area contributed by atoms with Gasteiger partial charge in [-0.2, -0.15) is 0 Å². The highest BCUT2D eigenvalue weighted by atomic mass is 35.5. The number of aryl methyl sites for hydroxylation is 1. The van der Waals surface area contributed by atoms with Gasteiger partial charge in [0.25, 0.3) is 0 Å². The van der Waals surface area contributed by atoms with Crippen LogP contribution in [0, 0.1) is 6.92 Å². The Morgan fingerprint density at radius 1 is 1.16 bits per heavy atom. The van der Waals surface area contributed by atoms with Crippen molar-refractivity contribution >= 4 is 29.1 Å². The van der Waals surface area contributed by atoms with Gasteiger partial charge in [-0.1, -0.05) is 41.4 Å². The van der Waals surface area contributed by atoms with E-state index in [1.165, 1.54) is 5.56 Å². The molecule has 2 rings (SSSR count). The van der Waals surface area contributed by atoms with Crippen LogP contribution in [-0.4, -0.2) is 11.0 Å². The highest BCUT2D eigenvalue weighted by molar-refractivity contribution is 8.00. The van der Waals surface area contributed by atoms with Crippen molar-refractivity contribution in [2.75, 3.05) is 0 Å². The van der Waals surface area contributed by atoms with Crippen molar-refractivity contribution in [1.82, 2.24) is 0 Å². The molecule has 0 saturated carbocycles. The lowest BCUT2D eigenvalue weighted by Crippen LogP contribution is -2.13. The van der Waals surface area contributed by atoms with Crippen LogP contribution in [0.25, 0.3) is 0 Å². The van der Waals surface area contributed by atoms with Gasteiger partial charge in [0.1, 0.15) is 0 Å². The Kier molecular flexibility index (Phi) is 4.67. The van der Waals surface area contributed by atoms with Crippen LogP contribution in [0.2, 0.25) is 5.02 Å². The van der Waals surface area contributed by atoms with Crippen LogP contribution >= 0.6 is 23.4 Å². The predicted molar refractivity (Wildman–Crippen MR) is 82.3 cm³/mol. The summed E-state index contributed by atoms with van der Waals surface area (Å²) in [6.45, 7) is 3.97. The lowest BCUT2D eigenvalue weighted by atomic mass is 10.1. The summed E-state index contributed by atoms with van der Waals surface area (Å²) in [4.78, 5) is 13.4. The molecule has 1 nitrogen and oxygen atoms in total. The van der Waals surface area contributed by atoms with Gasteiger partial charge in [0.2, 0.25) is 0 Å². The lowest BCUT2D eigenvalue weighted by Gasteiger charge is -2.10. The molecule has 1 unspecified atom stereocenters. The number of carbonyl (C=O) groups excluding carboxylic acids is 1. The quantitative estimate of drug-likeness (QED) is 0.581. The summed E-state index contributed by atoms with van der Waals surface area (Å²) in [5, 5.41) is 0.472. The maximum absolute atomic E-state index is 12.3. The smallest absolute Gasteiger partial charge is 0.175 e. The molecule has 0 bridgehead atoms. The van der Waals surface area contributed by atoms with E-state index in [4.69, 9.17) is 11.6 Å². The first-order valence-corrected chi connectivity index (χ1v) is 7.35. The minimum Gasteiger partial charge on any atom is -0.293 e.